The maximum Gasteiger partial charge on any atom is 0.335 e. The van der Waals surface area contributed by atoms with Crippen LogP contribution in [0.15, 0.2) is 24.3 Å². The van der Waals surface area contributed by atoms with Gasteiger partial charge in [0.2, 0.25) is 0 Å². The lowest BCUT2D eigenvalue weighted by Crippen LogP contribution is -2.49. The number of aliphatic hydroxyl groups excluding tert-OH is 1. The van der Waals surface area contributed by atoms with Gasteiger partial charge in [-0.1, -0.05) is 0 Å². The van der Waals surface area contributed by atoms with E-state index in [0.717, 1.165) is 13.1 Å². The van der Waals surface area contributed by atoms with Crippen molar-refractivity contribution in [1.82, 2.24) is 4.90 Å². The summed E-state index contributed by atoms with van der Waals surface area (Å²) in [6.07, 6.45) is -0.0330. The van der Waals surface area contributed by atoms with Crippen LogP contribution in [0.25, 0.3) is 0 Å². The van der Waals surface area contributed by atoms with Crippen molar-refractivity contribution in [2.24, 2.45) is 0 Å². The van der Waals surface area contributed by atoms with Crippen molar-refractivity contribution in [3.8, 4) is 5.75 Å². The molecule has 21 heavy (non-hydrogen) atoms. The molecule has 1 fully saturated rings. The van der Waals surface area contributed by atoms with E-state index >= 15 is 0 Å². The molecule has 1 aliphatic heterocycles. The number of carboxylic acids is 1. The fourth-order valence-corrected chi connectivity index (χ4v) is 2.41. The minimum Gasteiger partial charge on any atom is -0.492 e. The van der Waals surface area contributed by atoms with Crippen molar-refractivity contribution in [2.75, 3.05) is 32.8 Å². The maximum absolute atomic E-state index is 10.7. The monoisotopic (exact) mass is 295 g/mol. The van der Waals surface area contributed by atoms with Gasteiger partial charge in [-0.05, 0) is 31.2 Å². The first-order chi connectivity index (χ1) is 10.1. The second-order valence-corrected chi connectivity index (χ2v) is 5.19. The Hall–Kier alpha value is -1.63. The molecule has 1 aromatic rings. The summed E-state index contributed by atoms with van der Waals surface area (Å²) in [6.45, 7) is 4.78. The third-order valence-corrected chi connectivity index (χ3v) is 3.38. The van der Waals surface area contributed by atoms with Crippen molar-refractivity contribution in [3.05, 3.63) is 29.8 Å². The predicted octanol–water partition coefficient (Wildman–Crippen LogP) is 0.845. The summed E-state index contributed by atoms with van der Waals surface area (Å²) in [7, 11) is 0. The number of morpholine rings is 1. The van der Waals surface area contributed by atoms with Crippen molar-refractivity contribution < 1.29 is 24.5 Å². The molecule has 0 bridgehead atoms. The van der Waals surface area contributed by atoms with E-state index in [1.54, 1.807) is 12.1 Å². The standard InChI is InChI=1S/C15H21NO5/c1-11-8-16(9-14(10-17)21-11)6-7-20-13-4-2-12(3-5-13)15(18)19/h2-5,11,14,17H,6-10H2,1H3,(H,18,19). The Balaban J connectivity index is 1.77. The number of rotatable bonds is 6. The summed E-state index contributed by atoms with van der Waals surface area (Å²) in [5.74, 6) is -0.293. The van der Waals surface area contributed by atoms with E-state index in [1.165, 1.54) is 12.1 Å². The molecule has 0 radical (unpaired) electrons. The third-order valence-electron chi connectivity index (χ3n) is 3.38. The van der Waals surface area contributed by atoms with Crippen molar-refractivity contribution in [1.29, 1.82) is 0 Å². The van der Waals surface area contributed by atoms with Crippen molar-refractivity contribution in [3.63, 3.8) is 0 Å². The molecule has 0 aromatic heterocycles. The highest BCUT2D eigenvalue weighted by Gasteiger charge is 2.24. The fourth-order valence-electron chi connectivity index (χ4n) is 2.41. The Labute approximate surface area is 123 Å². The molecule has 0 aliphatic carbocycles. The van der Waals surface area contributed by atoms with Gasteiger partial charge in [0.25, 0.3) is 0 Å². The molecule has 1 saturated heterocycles. The van der Waals surface area contributed by atoms with Crippen molar-refractivity contribution in [2.45, 2.75) is 19.1 Å². The van der Waals surface area contributed by atoms with Gasteiger partial charge in [0.1, 0.15) is 12.4 Å². The van der Waals surface area contributed by atoms with E-state index < -0.39 is 5.97 Å². The number of nitrogens with zero attached hydrogens (tertiary/aromatic N) is 1. The lowest BCUT2D eigenvalue weighted by molar-refractivity contribution is -0.0965. The summed E-state index contributed by atoms with van der Waals surface area (Å²) in [5.41, 5.74) is 0.246. The van der Waals surface area contributed by atoms with Gasteiger partial charge in [-0.25, -0.2) is 4.79 Å². The summed E-state index contributed by atoms with van der Waals surface area (Å²) < 4.78 is 11.2. The Kier molecular flexibility index (Phi) is 5.55. The highest BCUT2D eigenvalue weighted by Crippen LogP contribution is 2.13. The summed E-state index contributed by atoms with van der Waals surface area (Å²) in [6, 6.07) is 6.36. The zero-order valence-electron chi connectivity index (χ0n) is 12.1. The van der Waals surface area contributed by atoms with Gasteiger partial charge in [-0.15, -0.1) is 0 Å². The van der Waals surface area contributed by atoms with Crippen LogP contribution in [0.4, 0.5) is 0 Å². The second-order valence-electron chi connectivity index (χ2n) is 5.19. The first-order valence-electron chi connectivity index (χ1n) is 7.03. The van der Waals surface area contributed by atoms with E-state index in [-0.39, 0.29) is 24.4 Å². The summed E-state index contributed by atoms with van der Waals surface area (Å²) in [4.78, 5) is 12.9. The smallest absolute Gasteiger partial charge is 0.335 e. The van der Waals surface area contributed by atoms with Gasteiger partial charge < -0.3 is 19.7 Å². The number of carboxylic acid groups (broad SMARTS) is 1. The van der Waals surface area contributed by atoms with Crippen LogP contribution in [0.2, 0.25) is 0 Å². The Morgan fingerprint density at radius 2 is 2.10 bits per heavy atom. The molecule has 1 heterocycles. The minimum absolute atomic E-state index is 0.0261. The molecule has 0 spiro atoms. The zero-order valence-corrected chi connectivity index (χ0v) is 12.1. The van der Waals surface area contributed by atoms with Gasteiger partial charge >= 0.3 is 5.97 Å². The number of carbonyl (C=O) groups is 1. The van der Waals surface area contributed by atoms with Gasteiger partial charge in [-0.3, -0.25) is 4.90 Å². The first-order valence-corrected chi connectivity index (χ1v) is 7.03. The van der Waals surface area contributed by atoms with Crippen LogP contribution in [0, 0.1) is 0 Å². The van der Waals surface area contributed by atoms with Crippen LogP contribution >= 0.6 is 0 Å². The topological polar surface area (TPSA) is 79.2 Å². The number of aromatic carboxylic acids is 1. The lowest BCUT2D eigenvalue weighted by atomic mass is 10.2. The molecule has 0 saturated carbocycles. The normalized spacial score (nSPS) is 23.0. The number of aliphatic hydroxyl groups is 1. The molecule has 116 valence electrons. The average molecular weight is 295 g/mol. The van der Waals surface area contributed by atoms with Gasteiger partial charge in [0.05, 0.1) is 24.4 Å². The molecule has 2 N–H and O–H groups in total. The quantitative estimate of drug-likeness (QED) is 0.810. The minimum atomic E-state index is -0.945. The van der Waals surface area contributed by atoms with Crippen LogP contribution in [0.5, 0.6) is 5.75 Å². The number of benzene rings is 1. The van der Waals surface area contributed by atoms with E-state index in [4.69, 9.17) is 19.7 Å². The number of ether oxygens (including phenoxy) is 2. The molecule has 1 aliphatic rings. The lowest BCUT2D eigenvalue weighted by Gasteiger charge is -2.35. The van der Waals surface area contributed by atoms with Crippen LogP contribution < -0.4 is 4.74 Å². The van der Waals surface area contributed by atoms with Crippen LogP contribution in [0.3, 0.4) is 0 Å². The van der Waals surface area contributed by atoms with Crippen molar-refractivity contribution >= 4 is 5.97 Å². The maximum atomic E-state index is 10.7. The average Bonchev–Trinajstić information content (AvgIpc) is 2.47. The Morgan fingerprint density at radius 1 is 1.38 bits per heavy atom. The SMILES string of the molecule is CC1CN(CCOc2ccc(C(=O)O)cc2)CC(CO)O1. The Bertz CT molecular complexity index is 462. The van der Waals surface area contributed by atoms with Gasteiger partial charge in [-0.2, -0.15) is 0 Å². The van der Waals surface area contributed by atoms with Crippen LogP contribution in [-0.2, 0) is 4.74 Å². The fraction of sp³-hybridized carbons (Fsp3) is 0.533. The number of hydrogen-bond donors (Lipinski definition) is 2. The van der Waals surface area contributed by atoms with E-state index in [9.17, 15) is 4.79 Å². The van der Waals surface area contributed by atoms with Crippen LogP contribution in [0.1, 0.15) is 17.3 Å². The van der Waals surface area contributed by atoms with E-state index in [0.29, 0.717) is 18.9 Å². The number of hydrogen-bond acceptors (Lipinski definition) is 5. The molecule has 0 amide bonds. The zero-order chi connectivity index (χ0) is 15.2. The molecule has 1 aromatic carbocycles. The first kappa shape index (κ1) is 15.8. The molecule has 2 rings (SSSR count). The highest BCUT2D eigenvalue weighted by molar-refractivity contribution is 5.87. The summed E-state index contributed by atoms with van der Waals surface area (Å²) >= 11 is 0. The van der Waals surface area contributed by atoms with Crippen LogP contribution in [-0.4, -0.2) is 66.1 Å². The largest absolute Gasteiger partial charge is 0.492 e. The molecule has 6 heteroatoms. The van der Waals surface area contributed by atoms with E-state index in [1.807, 2.05) is 6.92 Å². The van der Waals surface area contributed by atoms with Gasteiger partial charge in [0.15, 0.2) is 0 Å². The van der Waals surface area contributed by atoms with E-state index in [2.05, 4.69) is 4.90 Å². The molecule has 2 atom stereocenters. The molecular weight excluding hydrogens is 274 g/mol. The molecule has 2 unspecified atom stereocenters. The molecule has 6 nitrogen and oxygen atoms in total. The second kappa shape index (κ2) is 7.40. The molecular formula is C15H21NO5. The summed E-state index contributed by atoms with van der Waals surface area (Å²) in [5, 5.41) is 18.0. The third kappa shape index (κ3) is 4.70. The predicted molar refractivity (Wildman–Crippen MR) is 76.8 cm³/mol. The highest BCUT2D eigenvalue weighted by atomic mass is 16.5. The Morgan fingerprint density at radius 3 is 2.71 bits per heavy atom. The van der Waals surface area contributed by atoms with Gasteiger partial charge in [0, 0.05) is 19.6 Å².